The van der Waals surface area contributed by atoms with Gasteiger partial charge in [0.25, 0.3) is 0 Å². The van der Waals surface area contributed by atoms with E-state index in [0.717, 1.165) is 32.3 Å². The normalized spacial score (nSPS) is 41.2. The minimum absolute atomic E-state index is 0.0493. The lowest BCUT2D eigenvalue weighted by Crippen LogP contribution is -2.37. The zero-order chi connectivity index (χ0) is 16.4. The fraction of sp³-hybridized carbons (Fsp3) is 1.00. The van der Waals surface area contributed by atoms with Crippen LogP contribution in [0.1, 0.15) is 46.0 Å². The second-order valence-corrected chi connectivity index (χ2v) is 7.31. The predicted molar refractivity (Wildman–Crippen MR) is 82.6 cm³/mol. The van der Waals surface area contributed by atoms with Crippen molar-refractivity contribution in [3.05, 3.63) is 0 Å². The lowest BCUT2D eigenvalue weighted by molar-refractivity contribution is -0.228. The van der Waals surface area contributed by atoms with Crippen molar-refractivity contribution in [2.24, 2.45) is 11.8 Å². The highest BCUT2D eigenvalue weighted by Crippen LogP contribution is 2.45. The molecule has 0 radical (unpaired) electrons. The van der Waals surface area contributed by atoms with Gasteiger partial charge in [-0.25, -0.2) is 0 Å². The Morgan fingerprint density at radius 2 is 2.04 bits per heavy atom. The van der Waals surface area contributed by atoms with E-state index in [1.54, 1.807) is 7.11 Å². The zero-order valence-corrected chi connectivity index (χ0v) is 14.4. The van der Waals surface area contributed by atoms with E-state index in [-0.39, 0.29) is 30.3 Å². The quantitative estimate of drug-likeness (QED) is 0.752. The molecule has 0 amide bonds. The molecule has 3 aliphatic rings. The lowest BCUT2D eigenvalue weighted by Gasteiger charge is -2.32. The Morgan fingerprint density at radius 1 is 1.22 bits per heavy atom. The smallest absolute Gasteiger partial charge is 0.162 e. The van der Waals surface area contributed by atoms with Crippen LogP contribution in [0.3, 0.4) is 0 Å². The largest absolute Gasteiger partial charge is 0.368 e. The van der Waals surface area contributed by atoms with Crippen LogP contribution in [-0.4, -0.2) is 56.0 Å². The summed E-state index contributed by atoms with van der Waals surface area (Å²) in [4.78, 5) is 0. The van der Waals surface area contributed by atoms with Crippen LogP contribution in [-0.2, 0) is 23.7 Å². The summed E-state index contributed by atoms with van der Waals surface area (Å²) in [5.41, 5.74) is 0. The molecule has 2 heterocycles. The number of hydrogen-bond acceptors (Lipinski definition) is 6. The summed E-state index contributed by atoms with van der Waals surface area (Å²) >= 11 is 0. The maximum atomic E-state index is 9.78. The van der Waals surface area contributed by atoms with Gasteiger partial charge in [-0.15, -0.1) is 0 Å². The maximum absolute atomic E-state index is 9.78. The number of methoxy groups -OCH3 is 1. The Bertz CT molecular complexity index is 381. The van der Waals surface area contributed by atoms with Crippen molar-refractivity contribution >= 4 is 0 Å². The molecule has 2 aliphatic heterocycles. The Hall–Kier alpha value is -0.240. The standard InChI is InChI=1S/C17H30O6/c1-17(2,19-3)21-10-12-11-8-15(18)22-13(11)9-14(12)23-16-6-4-5-7-20-16/h11-16,18H,4-10H2,1-3H3/t11-,12-,13+,14-,15-,16?/m1/s1. The Morgan fingerprint density at radius 3 is 2.74 bits per heavy atom. The first-order valence-corrected chi connectivity index (χ1v) is 8.78. The number of rotatable bonds is 6. The van der Waals surface area contributed by atoms with E-state index in [0.29, 0.717) is 13.0 Å². The van der Waals surface area contributed by atoms with Gasteiger partial charge in [0, 0.05) is 32.5 Å². The maximum Gasteiger partial charge on any atom is 0.162 e. The summed E-state index contributed by atoms with van der Waals surface area (Å²) in [7, 11) is 1.64. The lowest BCUT2D eigenvalue weighted by atomic mass is 9.92. The molecule has 0 bridgehead atoms. The van der Waals surface area contributed by atoms with Crippen LogP contribution in [0, 0.1) is 11.8 Å². The first-order chi connectivity index (χ1) is 11.0. The molecule has 6 atom stereocenters. The van der Waals surface area contributed by atoms with E-state index in [1.807, 2.05) is 13.8 Å². The van der Waals surface area contributed by atoms with E-state index < -0.39 is 12.1 Å². The van der Waals surface area contributed by atoms with Gasteiger partial charge in [0.15, 0.2) is 18.4 Å². The summed E-state index contributed by atoms with van der Waals surface area (Å²) in [6.45, 7) is 5.12. The third-order valence-electron chi connectivity index (χ3n) is 5.35. The van der Waals surface area contributed by atoms with E-state index in [1.165, 1.54) is 0 Å². The van der Waals surface area contributed by atoms with Gasteiger partial charge >= 0.3 is 0 Å². The summed E-state index contributed by atoms with van der Waals surface area (Å²) in [5, 5.41) is 9.78. The average molecular weight is 330 g/mol. The molecule has 2 saturated heterocycles. The Balaban J connectivity index is 1.62. The van der Waals surface area contributed by atoms with Gasteiger partial charge in [0.1, 0.15) is 0 Å². The van der Waals surface area contributed by atoms with Crippen molar-refractivity contribution in [2.75, 3.05) is 20.3 Å². The average Bonchev–Trinajstić information content (AvgIpc) is 3.02. The van der Waals surface area contributed by atoms with E-state index in [2.05, 4.69) is 0 Å². The summed E-state index contributed by atoms with van der Waals surface area (Å²) in [6, 6.07) is 0. The highest BCUT2D eigenvalue weighted by molar-refractivity contribution is 4.96. The highest BCUT2D eigenvalue weighted by atomic mass is 16.7. The van der Waals surface area contributed by atoms with E-state index in [9.17, 15) is 5.11 Å². The third-order valence-corrected chi connectivity index (χ3v) is 5.35. The van der Waals surface area contributed by atoms with Gasteiger partial charge in [0.2, 0.25) is 0 Å². The molecule has 0 aromatic heterocycles. The highest BCUT2D eigenvalue weighted by Gasteiger charge is 2.51. The van der Waals surface area contributed by atoms with Crippen molar-refractivity contribution < 1.29 is 28.8 Å². The van der Waals surface area contributed by atoms with Crippen molar-refractivity contribution in [1.82, 2.24) is 0 Å². The molecule has 0 aromatic carbocycles. The van der Waals surface area contributed by atoms with Gasteiger partial charge in [-0.2, -0.15) is 0 Å². The van der Waals surface area contributed by atoms with Crippen LogP contribution >= 0.6 is 0 Å². The fourth-order valence-corrected chi connectivity index (χ4v) is 3.86. The monoisotopic (exact) mass is 330 g/mol. The first-order valence-electron chi connectivity index (χ1n) is 8.78. The van der Waals surface area contributed by atoms with E-state index >= 15 is 0 Å². The Labute approximate surface area is 138 Å². The molecular formula is C17H30O6. The third kappa shape index (κ3) is 4.24. The first kappa shape index (κ1) is 17.6. The number of ether oxygens (including phenoxy) is 5. The minimum Gasteiger partial charge on any atom is -0.368 e. The van der Waals surface area contributed by atoms with E-state index in [4.69, 9.17) is 23.7 Å². The van der Waals surface area contributed by atoms with Crippen molar-refractivity contribution in [3.8, 4) is 0 Å². The van der Waals surface area contributed by atoms with Crippen molar-refractivity contribution in [2.45, 2.75) is 76.5 Å². The number of fused-ring (bicyclic) bond motifs is 1. The summed E-state index contributed by atoms with van der Waals surface area (Å²) < 4.78 is 28.9. The van der Waals surface area contributed by atoms with Crippen molar-refractivity contribution in [1.29, 1.82) is 0 Å². The molecule has 0 spiro atoms. The molecule has 134 valence electrons. The number of aliphatic hydroxyl groups excluding tert-OH is 1. The van der Waals surface area contributed by atoms with Crippen LogP contribution < -0.4 is 0 Å². The summed E-state index contributed by atoms with van der Waals surface area (Å²) in [5.74, 6) is -0.162. The van der Waals surface area contributed by atoms with Gasteiger partial charge < -0.3 is 28.8 Å². The SMILES string of the molecule is COC(C)(C)OC[C@@H]1[C@H]2C[C@H](O)O[C@H]2C[C@H]1OC1CCCCO1. The molecule has 3 rings (SSSR count). The second-order valence-electron chi connectivity index (χ2n) is 7.31. The molecule has 1 saturated carbocycles. The second kappa shape index (κ2) is 7.33. The van der Waals surface area contributed by atoms with Gasteiger partial charge in [-0.3, -0.25) is 0 Å². The number of hydrogen-bond donors (Lipinski definition) is 1. The molecule has 23 heavy (non-hydrogen) atoms. The van der Waals surface area contributed by atoms with Crippen molar-refractivity contribution in [3.63, 3.8) is 0 Å². The van der Waals surface area contributed by atoms with Gasteiger partial charge in [-0.05, 0) is 39.0 Å². The zero-order valence-electron chi connectivity index (χ0n) is 14.4. The molecule has 6 nitrogen and oxygen atoms in total. The molecule has 1 unspecified atom stereocenters. The molecule has 0 aromatic rings. The van der Waals surface area contributed by atoms with Gasteiger partial charge in [-0.1, -0.05) is 0 Å². The summed E-state index contributed by atoms with van der Waals surface area (Å²) in [6.07, 6.45) is 3.99. The Kier molecular flexibility index (Phi) is 5.61. The minimum atomic E-state index is -0.658. The van der Waals surface area contributed by atoms with Crippen LogP contribution in [0.4, 0.5) is 0 Å². The van der Waals surface area contributed by atoms with Crippen LogP contribution in [0.15, 0.2) is 0 Å². The fourth-order valence-electron chi connectivity index (χ4n) is 3.86. The van der Waals surface area contributed by atoms with Gasteiger partial charge in [0.05, 0.1) is 18.8 Å². The van der Waals surface area contributed by atoms with Crippen LogP contribution in [0.5, 0.6) is 0 Å². The molecule has 1 N–H and O–H groups in total. The van der Waals surface area contributed by atoms with Crippen LogP contribution in [0.25, 0.3) is 0 Å². The molecular weight excluding hydrogens is 300 g/mol. The van der Waals surface area contributed by atoms with Crippen LogP contribution in [0.2, 0.25) is 0 Å². The molecule has 3 fully saturated rings. The predicted octanol–water partition coefficient (Wildman–Crippen LogP) is 2.04. The molecule has 1 aliphatic carbocycles. The molecule has 6 heteroatoms. The topological polar surface area (TPSA) is 66.4 Å². The number of aliphatic hydroxyl groups is 1.